The molecule has 0 bridgehead atoms. The predicted octanol–water partition coefficient (Wildman–Crippen LogP) is 1.94. The number of carboxylic acid groups (broad SMARTS) is 2. The Morgan fingerprint density at radius 1 is 1.04 bits per heavy atom. The summed E-state index contributed by atoms with van der Waals surface area (Å²) in [4.78, 5) is 26.4. The Morgan fingerprint density at radius 3 is 2.12 bits per heavy atom. The first-order valence-electron chi connectivity index (χ1n) is 7.97. The number of carbonyl (C=O) groups is 2. The summed E-state index contributed by atoms with van der Waals surface area (Å²) in [6.07, 6.45) is 0.838. The van der Waals surface area contributed by atoms with Crippen molar-refractivity contribution >= 4 is 23.7 Å². The number of carboxylic acids is 2. The zero-order chi connectivity index (χ0) is 18.7. The number of thioether (sulfide) groups is 1. The van der Waals surface area contributed by atoms with Gasteiger partial charge in [0.05, 0.1) is 13.1 Å². The minimum Gasteiger partial charge on any atom is -0.480 e. The summed E-state index contributed by atoms with van der Waals surface area (Å²) in [5.41, 5.74) is 0.948. The Morgan fingerprint density at radius 2 is 1.60 bits per heavy atom. The van der Waals surface area contributed by atoms with E-state index in [4.69, 9.17) is 15.5 Å². The molecule has 0 fully saturated rings. The standard InChI is InChI=1S/C17H23N3O4S/c1-2-7-19(11-16(21)22)8-9-20(12-17(23)24)10-14-3-5-15(6-4-14)25-13-18/h3-6H,2,7-12H2,1H3,(H,21,22)(H,23,24). The zero-order valence-corrected chi connectivity index (χ0v) is 15.0. The lowest BCUT2D eigenvalue weighted by Gasteiger charge is -2.25. The molecule has 1 aromatic rings. The second-order valence-electron chi connectivity index (χ2n) is 5.61. The van der Waals surface area contributed by atoms with Crippen LogP contribution in [0.5, 0.6) is 0 Å². The van der Waals surface area contributed by atoms with Crippen LogP contribution < -0.4 is 0 Å². The van der Waals surface area contributed by atoms with Crippen LogP contribution in [0.4, 0.5) is 0 Å². The van der Waals surface area contributed by atoms with Gasteiger partial charge in [0.1, 0.15) is 5.40 Å². The van der Waals surface area contributed by atoms with Crippen LogP contribution in [0.25, 0.3) is 0 Å². The molecule has 0 spiro atoms. The van der Waals surface area contributed by atoms with Crippen molar-refractivity contribution in [3.63, 3.8) is 0 Å². The van der Waals surface area contributed by atoms with Gasteiger partial charge in [-0.3, -0.25) is 19.4 Å². The predicted molar refractivity (Wildman–Crippen MR) is 95.2 cm³/mol. The van der Waals surface area contributed by atoms with Crippen molar-refractivity contribution in [2.45, 2.75) is 24.8 Å². The van der Waals surface area contributed by atoms with Crippen molar-refractivity contribution in [3.8, 4) is 5.40 Å². The fraction of sp³-hybridized carbons (Fsp3) is 0.471. The topological polar surface area (TPSA) is 105 Å². The summed E-state index contributed by atoms with van der Waals surface area (Å²) in [7, 11) is 0. The van der Waals surface area contributed by atoms with E-state index >= 15 is 0 Å². The summed E-state index contributed by atoms with van der Waals surface area (Å²) in [6.45, 7) is 3.90. The van der Waals surface area contributed by atoms with Crippen LogP contribution in [0, 0.1) is 10.7 Å². The smallest absolute Gasteiger partial charge is 0.317 e. The molecule has 0 aliphatic heterocycles. The number of hydrogen-bond acceptors (Lipinski definition) is 6. The van der Waals surface area contributed by atoms with Crippen LogP contribution in [-0.2, 0) is 16.1 Å². The molecular formula is C17H23N3O4S. The van der Waals surface area contributed by atoms with E-state index < -0.39 is 11.9 Å². The summed E-state index contributed by atoms with van der Waals surface area (Å²) in [6, 6.07) is 7.40. The molecule has 136 valence electrons. The molecule has 8 heteroatoms. The molecule has 0 aliphatic rings. The van der Waals surface area contributed by atoms with Gasteiger partial charge in [-0.1, -0.05) is 19.1 Å². The second kappa shape index (κ2) is 11.5. The molecule has 0 radical (unpaired) electrons. The van der Waals surface area contributed by atoms with E-state index in [-0.39, 0.29) is 13.1 Å². The first kappa shape index (κ1) is 21.0. The molecule has 0 saturated heterocycles. The molecule has 0 aliphatic carbocycles. The van der Waals surface area contributed by atoms with Crippen molar-refractivity contribution in [2.24, 2.45) is 0 Å². The molecule has 1 aromatic carbocycles. The minimum atomic E-state index is -0.920. The Hall–Kier alpha value is -2.08. The van der Waals surface area contributed by atoms with Gasteiger partial charge in [-0.25, -0.2) is 0 Å². The van der Waals surface area contributed by atoms with Gasteiger partial charge in [-0.2, -0.15) is 5.26 Å². The molecule has 0 unspecified atom stereocenters. The van der Waals surface area contributed by atoms with Gasteiger partial charge < -0.3 is 10.2 Å². The average molecular weight is 365 g/mol. The summed E-state index contributed by atoms with van der Waals surface area (Å²) in [5.74, 6) is -1.80. The monoisotopic (exact) mass is 365 g/mol. The van der Waals surface area contributed by atoms with E-state index in [1.165, 1.54) is 0 Å². The minimum absolute atomic E-state index is 0.0468. The number of rotatable bonds is 12. The van der Waals surface area contributed by atoms with Gasteiger partial charge in [0.15, 0.2) is 0 Å². The highest BCUT2D eigenvalue weighted by Gasteiger charge is 2.14. The number of nitriles is 1. The first-order chi connectivity index (χ1) is 11.9. The van der Waals surface area contributed by atoms with Crippen LogP contribution in [-0.4, -0.2) is 64.7 Å². The van der Waals surface area contributed by atoms with Crippen LogP contribution in [0.2, 0.25) is 0 Å². The number of nitrogens with zero attached hydrogens (tertiary/aromatic N) is 3. The fourth-order valence-electron chi connectivity index (χ4n) is 2.44. The van der Waals surface area contributed by atoms with Gasteiger partial charge in [-0.05, 0) is 42.4 Å². The number of thiocyanates is 1. The third-order valence-electron chi connectivity index (χ3n) is 3.48. The van der Waals surface area contributed by atoms with Crippen LogP contribution in [0.15, 0.2) is 29.2 Å². The molecule has 0 amide bonds. The van der Waals surface area contributed by atoms with E-state index in [9.17, 15) is 9.59 Å². The molecule has 0 aromatic heterocycles. The van der Waals surface area contributed by atoms with E-state index in [1.54, 1.807) is 4.90 Å². The Bertz CT molecular complexity index is 601. The molecular weight excluding hydrogens is 342 g/mol. The SMILES string of the molecule is CCCN(CCN(CC(=O)O)Cc1ccc(SC#N)cc1)CC(=O)O. The highest BCUT2D eigenvalue weighted by atomic mass is 32.2. The van der Waals surface area contributed by atoms with Crippen molar-refractivity contribution in [3.05, 3.63) is 29.8 Å². The molecule has 7 nitrogen and oxygen atoms in total. The average Bonchev–Trinajstić information content (AvgIpc) is 2.53. The maximum Gasteiger partial charge on any atom is 0.317 e. The molecule has 0 heterocycles. The Kier molecular flexibility index (Phi) is 9.62. The lowest BCUT2D eigenvalue weighted by molar-refractivity contribution is -0.140. The maximum atomic E-state index is 11.1. The zero-order valence-electron chi connectivity index (χ0n) is 14.2. The normalized spacial score (nSPS) is 10.8. The Labute approximate surface area is 151 Å². The lowest BCUT2D eigenvalue weighted by atomic mass is 10.2. The molecule has 0 atom stereocenters. The van der Waals surface area contributed by atoms with Crippen molar-refractivity contribution in [1.82, 2.24) is 9.80 Å². The third-order valence-corrected chi connectivity index (χ3v) is 4.08. The van der Waals surface area contributed by atoms with Crippen LogP contribution >= 0.6 is 11.8 Å². The van der Waals surface area contributed by atoms with Crippen LogP contribution in [0.3, 0.4) is 0 Å². The van der Waals surface area contributed by atoms with Gasteiger partial charge in [-0.15, -0.1) is 0 Å². The second-order valence-corrected chi connectivity index (χ2v) is 6.47. The van der Waals surface area contributed by atoms with Gasteiger partial charge in [0.2, 0.25) is 0 Å². The van der Waals surface area contributed by atoms with Crippen LogP contribution in [0.1, 0.15) is 18.9 Å². The summed E-state index contributed by atoms with van der Waals surface area (Å²) < 4.78 is 0. The fourth-order valence-corrected chi connectivity index (χ4v) is 2.82. The number of hydrogen-bond donors (Lipinski definition) is 2. The van der Waals surface area contributed by atoms with E-state index in [0.29, 0.717) is 26.2 Å². The highest BCUT2D eigenvalue weighted by Crippen LogP contribution is 2.17. The van der Waals surface area contributed by atoms with Crippen molar-refractivity contribution in [1.29, 1.82) is 5.26 Å². The molecule has 1 rings (SSSR count). The first-order valence-corrected chi connectivity index (χ1v) is 8.79. The number of aliphatic carboxylic acids is 2. The van der Waals surface area contributed by atoms with Crippen molar-refractivity contribution in [2.75, 3.05) is 32.7 Å². The van der Waals surface area contributed by atoms with Gasteiger partial charge in [0, 0.05) is 24.5 Å². The lowest BCUT2D eigenvalue weighted by Crippen LogP contribution is -2.39. The van der Waals surface area contributed by atoms with Gasteiger partial charge in [0.25, 0.3) is 0 Å². The quantitative estimate of drug-likeness (QED) is 0.428. The van der Waals surface area contributed by atoms with E-state index in [0.717, 1.165) is 28.6 Å². The number of benzene rings is 1. The Balaban J connectivity index is 2.67. The van der Waals surface area contributed by atoms with E-state index in [2.05, 4.69) is 0 Å². The van der Waals surface area contributed by atoms with E-state index in [1.807, 2.05) is 41.5 Å². The summed E-state index contributed by atoms with van der Waals surface area (Å²) in [5, 5.41) is 28.7. The summed E-state index contributed by atoms with van der Waals surface area (Å²) >= 11 is 1.07. The maximum absolute atomic E-state index is 11.1. The molecule has 0 saturated carbocycles. The molecule has 2 N–H and O–H groups in total. The largest absolute Gasteiger partial charge is 0.480 e. The molecule has 25 heavy (non-hydrogen) atoms. The third kappa shape index (κ3) is 9.10. The highest BCUT2D eigenvalue weighted by molar-refractivity contribution is 8.03. The van der Waals surface area contributed by atoms with Crippen molar-refractivity contribution < 1.29 is 19.8 Å². The van der Waals surface area contributed by atoms with Gasteiger partial charge >= 0.3 is 11.9 Å².